The minimum Gasteiger partial charge on any atom is -0.455 e. The number of esters is 4. The van der Waals surface area contributed by atoms with Crippen LogP contribution in [0, 0.1) is 17.8 Å². The van der Waals surface area contributed by atoms with E-state index in [0.717, 1.165) is 32.1 Å². The summed E-state index contributed by atoms with van der Waals surface area (Å²) in [5, 5.41) is -4.76. The average molecular weight is 613 g/mol. The number of halogens is 2. The molecule has 41 heavy (non-hydrogen) atoms. The van der Waals surface area contributed by atoms with Crippen molar-refractivity contribution in [1.29, 1.82) is 0 Å². The molecule has 8 unspecified atom stereocenters. The predicted octanol–water partition coefficient (Wildman–Crippen LogP) is 1.90. The van der Waals surface area contributed by atoms with Crippen molar-refractivity contribution in [3.05, 3.63) is 0 Å². The highest BCUT2D eigenvalue weighted by atomic mass is 32.2. The van der Waals surface area contributed by atoms with Crippen LogP contribution in [0.25, 0.3) is 0 Å². The Morgan fingerprint density at radius 3 is 2.24 bits per heavy atom. The lowest BCUT2D eigenvalue weighted by molar-refractivity contribution is -0.212. The SMILES string of the molecule is CC(C)C(OC(=O)C1C2OC3C(OC(=O)C31)C2OC(=O)CCC(=O)OC(C)C(F)(F)S(=O)(=O)O)OC1CCCCC1. The molecule has 0 aromatic rings. The van der Waals surface area contributed by atoms with Crippen LogP contribution in [-0.2, 0) is 57.7 Å². The van der Waals surface area contributed by atoms with Crippen LogP contribution < -0.4 is 0 Å². The Labute approximate surface area is 235 Å². The van der Waals surface area contributed by atoms with E-state index in [0.29, 0.717) is 6.92 Å². The average Bonchev–Trinajstić information content (AvgIpc) is 3.51. The number of ether oxygens (including phenoxy) is 6. The summed E-state index contributed by atoms with van der Waals surface area (Å²) in [6.07, 6.45) is -4.13. The fraction of sp³-hybridized carbons (Fsp3) is 0.840. The first kappa shape index (κ1) is 31.5. The largest absolute Gasteiger partial charge is 0.455 e. The van der Waals surface area contributed by atoms with E-state index in [2.05, 4.69) is 4.74 Å². The van der Waals surface area contributed by atoms with Crippen LogP contribution in [0.2, 0.25) is 0 Å². The van der Waals surface area contributed by atoms with Crippen LogP contribution in [0.4, 0.5) is 8.78 Å². The number of rotatable bonds is 12. The molecule has 1 N–H and O–H groups in total. The van der Waals surface area contributed by atoms with Gasteiger partial charge in [-0.3, -0.25) is 23.7 Å². The highest BCUT2D eigenvalue weighted by Gasteiger charge is 2.72. The first-order chi connectivity index (χ1) is 19.1. The fourth-order valence-corrected chi connectivity index (χ4v) is 6.06. The van der Waals surface area contributed by atoms with Crippen LogP contribution in [0.15, 0.2) is 0 Å². The Kier molecular flexibility index (Phi) is 9.26. The molecule has 16 heteroatoms. The maximum atomic E-state index is 13.6. The molecule has 0 aromatic carbocycles. The van der Waals surface area contributed by atoms with E-state index >= 15 is 0 Å². The van der Waals surface area contributed by atoms with E-state index in [9.17, 15) is 36.4 Å². The molecule has 4 rings (SSSR count). The van der Waals surface area contributed by atoms with Crippen LogP contribution in [0.5, 0.6) is 0 Å². The van der Waals surface area contributed by atoms with Gasteiger partial charge in [0.25, 0.3) is 0 Å². The van der Waals surface area contributed by atoms with Gasteiger partial charge < -0.3 is 28.4 Å². The van der Waals surface area contributed by atoms with E-state index in [4.69, 9.17) is 28.2 Å². The molecule has 1 saturated carbocycles. The van der Waals surface area contributed by atoms with Gasteiger partial charge in [-0.25, -0.2) is 0 Å². The van der Waals surface area contributed by atoms with E-state index < -0.39 is 101 Å². The normalized spacial score (nSPS) is 31.0. The van der Waals surface area contributed by atoms with Gasteiger partial charge in [0.1, 0.15) is 24.0 Å². The molecule has 4 aliphatic rings. The number of hydrogen-bond donors (Lipinski definition) is 1. The van der Waals surface area contributed by atoms with Crippen molar-refractivity contribution in [3.8, 4) is 0 Å². The molecular weight excluding hydrogens is 578 g/mol. The van der Waals surface area contributed by atoms with Gasteiger partial charge in [0, 0.05) is 5.92 Å². The summed E-state index contributed by atoms with van der Waals surface area (Å²) in [5.41, 5.74) is 0. The van der Waals surface area contributed by atoms with E-state index in [1.165, 1.54) is 0 Å². The highest BCUT2D eigenvalue weighted by Crippen LogP contribution is 2.51. The number of carbonyl (C=O) groups excluding carboxylic acids is 4. The third kappa shape index (κ3) is 6.49. The number of fused-ring (bicyclic) bond motifs is 1. The highest BCUT2D eigenvalue weighted by molar-refractivity contribution is 7.86. The van der Waals surface area contributed by atoms with Gasteiger partial charge in [-0.15, -0.1) is 0 Å². The lowest BCUT2D eigenvalue weighted by Gasteiger charge is -2.32. The zero-order chi connectivity index (χ0) is 30.3. The molecule has 4 fully saturated rings. The lowest BCUT2D eigenvalue weighted by atomic mass is 9.78. The minimum atomic E-state index is -5.84. The van der Waals surface area contributed by atoms with Gasteiger partial charge >= 0.3 is 39.2 Å². The smallest absolute Gasteiger partial charge is 0.405 e. The summed E-state index contributed by atoms with van der Waals surface area (Å²) in [7, 11) is -5.84. The first-order valence-electron chi connectivity index (χ1n) is 13.6. The number of alkyl halides is 2. The molecule has 0 spiro atoms. The van der Waals surface area contributed by atoms with Gasteiger partial charge in [0.05, 0.1) is 18.9 Å². The second-order valence-corrected chi connectivity index (χ2v) is 12.6. The van der Waals surface area contributed by atoms with Gasteiger partial charge in [0.15, 0.2) is 18.3 Å². The van der Waals surface area contributed by atoms with Crippen LogP contribution in [-0.4, -0.2) is 85.0 Å². The summed E-state index contributed by atoms with van der Waals surface area (Å²) in [6.45, 7) is 4.22. The predicted molar refractivity (Wildman–Crippen MR) is 129 cm³/mol. The molecule has 0 radical (unpaired) electrons. The van der Waals surface area contributed by atoms with Gasteiger partial charge in [-0.05, 0) is 19.8 Å². The first-order valence-corrected chi connectivity index (χ1v) is 15.0. The van der Waals surface area contributed by atoms with Gasteiger partial charge in [-0.2, -0.15) is 17.2 Å². The van der Waals surface area contributed by atoms with Crippen molar-refractivity contribution in [2.45, 2.75) is 114 Å². The monoisotopic (exact) mass is 612 g/mol. The van der Waals surface area contributed by atoms with Crippen molar-refractivity contribution in [3.63, 3.8) is 0 Å². The van der Waals surface area contributed by atoms with Crippen LogP contribution in [0.3, 0.4) is 0 Å². The lowest BCUT2D eigenvalue weighted by Crippen LogP contribution is -2.49. The molecule has 2 bridgehead atoms. The Morgan fingerprint density at radius 1 is 1.00 bits per heavy atom. The maximum Gasteiger partial charge on any atom is 0.405 e. The Hall–Kier alpha value is -2.43. The van der Waals surface area contributed by atoms with Crippen LogP contribution >= 0.6 is 0 Å². The van der Waals surface area contributed by atoms with E-state index in [1.54, 1.807) is 0 Å². The molecule has 3 heterocycles. The summed E-state index contributed by atoms with van der Waals surface area (Å²) in [6, 6.07) is 0. The van der Waals surface area contributed by atoms with Crippen molar-refractivity contribution >= 4 is 34.0 Å². The third-order valence-corrected chi connectivity index (χ3v) is 8.78. The van der Waals surface area contributed by atoms with Crippen molar-refractivity contribution in [2.75, 3.05) is 0 Å². The van der Waals surface area contributed by atoms with Crippen LogP contribution in [0.1, 0.15) is 65.7 Å². The summed E-state index contributed by atoms with van der Waals surface area (Å²) >= 11 is 0. The second kappa shape index (κ2) is 12.1. The molecule has 8 atom stereocenters. The van der Waals surface area contributed by atoms with Crippen molar-refractivity contribution in [1.82, 2.24) is 0 Å². The van der Waals surface area contributed by atoms with E-state index in [1.807, 2.05) is 13.8 Å². The summed E-state index contributed by atoms with van der Waals surface area (Å²) in [4.78, 5) is 50.3. The molecule has 0 amide bonds. The molecule has 13 nitrogen and oxygen atoms in total. The number of carbonyl (C=O) groups is 4. The zero-order valence-electron chi connectivity index (χ0n) is 22.7. The quantitative estimate of drug-likeness (QED) is 0.146. The van der Waals surface area contributed by atoms with Gasteiger partial charge in [-0.1, -0.05) is 33.1 Å². The zero-order valence-corrected chi connectivity index (χ0v) is 23.6. The molecule has 3 saturated heterocycles. The Morgan fingerprint density at radius 2 is 1.63 bits per heavy atom. The third-order valence-electron chi connectivity index (χ3n) is 7.76. The standard InChI is InChI=1S/C25H34F2O13S/c1-11(2)24(36-13-7-5-4-6-8-13)40-23(31)17-16-19-21(39-22(16)30)20(18(17)38-19)37-15(29)10-9-14(28)35-12(3)25(26,27)41(32,33)34/h11-13,16-21,24H,4-10H2,1-3H3,(H,32,33,34). The topological polar surface area (TPSA) is 178 Å². The fourth-order valence-electron chi connectivity index (χ4n) is 5.59. The molecule has 232 valence electrons. The molecule has 0 aromatic heterocycles. The van der Waals surface area contributed by atoms with Gasteiger partial charge in [0.2, 0.25) is 6.29 Å². The number of hydrogen-bond acceptors (Lipinski definition) is 12. The Bertz CT molecular complexity index is 1140. The molecular formula is C25H34F2O13S. The second-order valence-electron chi connectivity index (χ2n) is 11.1. The van der Waals surface area contributed by atoms with E-state index in [-0.39, 0.29) is 12.0 Å². The minimum absolute atomic E-state index is 0.0521. The molecule has 3 aliphatic heterocycles. The van der Waals surface area contributed by atoms with Crippen molar-refractivity contribution in [2.24, 2.45) is 17.8 Å². The summed E-state index contributed by atoms with van der Waals surface area (Å²) < 4.78 is 90.0. The summed E-state index contributed by atoms with van der Waals surface area (Å²) in [5.74, 6) is -6.08. The Balaban J connectivity index is 1.35. The maximum absolute atomic E-state index is 13.6. The van der Waals surface area contributed by atoms with Crippen molar-refractivity contribution < 1.29 is 69.4 Å². The molecule has 1 aliphatic carbocycles.